The molecule has 23 heavy (non-hydrogen) atoms. The third-order valence-corrected chi connectivity index (χ3v) is 5.82. The summed E-state index contributed by atoms with van der Waals surface area (Å²) >= 11 is 0. The minimum atomic E-state index is -4.20. The van der Waals surface area contributed by atoms with Crippen molar-refractivity contribution in [2.75, 3.05) is 0 Å². The quantitative estimate of drug-likeness (QED) is 0.789. The van der Waals surface area contributed by atoms with Crippen molar-refractivity contribution in [1.29, 1.82) is 0 Å². The van der Waals surface area contributed by atoms with E-state index in [4.69, 9.17) is 4.28 Å². The Balaban J connectivity index is 1.83. The van der Waals surface area contributed by atoms with Crippen molar-refractivity contribution in [1.82, 2.24) is 5.06 Å². The van der Waals surface area contributed by atoms with Crippen molar-refractivity contribution in [3.05, 3.63) is 29.8 Å². The third kappa shape index (κ3) is 2.90. The number of amides is 2. The highest BCUT2D eigenvalue weighted by molar-refractivity contribution is 7.86. The van der Waals surface area contributed by atoms with Gasteiger partial charge in [0.15, 0.2) is 0 Å². The SMILES string of the molecule is Cc1ccc(S(=O)(=O)ON2C(=O)C3CCC(C)CC3C2=O)cc1. The summed E-state index contributed by atoms with van der Waals surface area (Å²) in [5.41, 5.74) is 0.900. The maximum atomic E-state index is 12.4. The van der Waals surface area contributed by atoms with Gasteiger partial charge in [-0.1, -0.05) is 24.6 Å². The Bertz CT molecular complexity index is 740. The maximum absolute atomic E-state index is 12.4. The number of hydrogen-bond acceptors (Lipinski definition) is 5. The van der Waals surface area contributed by atoms with Gasteiger partial charge in [0, 0.05) is 0 Å². The van der Waals surface area contributed by atoms with Crippen molar-refractivity contribution in [2.45, 2.75) is 38.0 Å². The van der Waals surface area contributed by atoms with Crippen LogP contribution in [-0.4, -0.2) is 25.3 Å². The molecule has 6 nitrogen and oxygen atoms in total. The molecular formula is C16H19NO5S. The van der Waals surface area contributed by atoms with Gasteiger partial charge in [0.1, 0.15) is 0 Å². The van der Waals surface area contributed by atoms with E-state index in [1.54, 1.807) is 12.1 Å². The Morgan fingerprint density at radius 2 is 1.65 bits per heavy atom. The number of aryl methyl sites for hydroxylation is 1. The second kappa shape index (κ2) is 5.72. The molecule has 3 atom stereocenters. The van der Waals surface area contributed by atoms with Crippen LogP contribution in [0.25, 0.3) is 0 Å². The topological polar surface area (TPSA) is 80.8 Å². The van der Waals surface area contributed by atoms with Crippen LogP contribution in [0.2, 0.25) is 0 Å². The predicted octanol–water partition coefficient (Wildman–Crippen LogP) is 2.04. The molecule has 1 aromatic carbocycles. The summed E-state index contributed by atoms with van der Waals surface area (Å²) in [5.74, 6) is -1.64. The Hall–Kier alpha value is -1.73. The zero-order chi connectivity index (χ0) is 16.8. The lowest BCUT2D eigenvalue weighted by atomic mass is 9.76. The number of hydroxylamine groups is 2. The molecular weight excluding hydrogens is 318 g/mol. The van der Waals surface area contributed by atoms with Gasteiger partial charge < -0.3 is 0 Å². The Morgan fingerprint density at radius 3 is 2.30 bits per heavy atom. The molecule has 0 aromatic heterocycles. The molecule has 7 heteroatoms. The van der Waals surface area contributed by atoms with E-state index in [0.717, 1.165) is 12.0 Å². The number of carbonyl (C=O) groups is 2. The monoisotopic (exact) mass is 337 g/mol. The Morgan fingerprint density at radius 1 is 1.04 bits per heavy atom. The molecule has 1 saturated carbocycles. The zero-order valence-electron chi connectivity index (χ0n) is 13.1. The molecule has 0 radical (unpaired) electrons. The molecule has 2 fully saturated rings. The first-order chi connectivity index (χ1) is 10.8. The van der Waals surface area contributed by atoms with Crippen molar-refractivity contribution < 1.29 is 22.3 Å². The fraction of sp³-hybridized carbons (Fsp3) is 0.500. The summed E-state index contributed by atoms with van der Waals surface area (Å²) in [7, 11) is -4.20. The van der Waals surface area contributed by atoms with E-state index in [2.05, 4.69) is 0 Å². The van der Waals surface area contributed by atoms with Crippen LogP contribution in [0.15, 0.2) is 29.2 Å². The van der Waals surface area contributed by atoms with Gasteiger partial charge in [-0.2, -0.15) is 8.42 Å². The Kier molecular flexibility index (Phi) is 4.01. The highest BCUT2D eigenvalue weighted by Gasteiger charge is 2.51. The second-order valence-corrected chi connectivity index (χ2v) is 7.97. The van der Waals surface area contributed by atoms with Gasteiger partial charge in [0.25, 0.3) is 11.8 Å². The zero-order valence-corrected chi connectivity index (χ0v) is 13.9. The minimum absolute atomic E-state index is 0.0769. The first-order valence-corrected chi connectivity index (χ1v) is 9.09. The lowest BCUT2D eigenvalue weighted by Gasteiger charge is -2.25. The molecule has 2 aliphatic rings. The van der Waals surface area contributed by atoms with Crippen LogP contribution in [0.3, 0.4) is 0 Å². The summed E-state index contributed by atoms with van der Waals surface area (Å²) < 4.78 is 29.5. The maximum Gasteiger partial charge on any atom is 0.318 e. The van der Waals surface area contributed by atoms with Gasteiger partial charge in [0.2, 0.25) is 0 Å². The number of imide groups is 1. The summed E-state index contributed by atoms with van der Waals surface area (Å²) in [6.07, 6.45) is 2.05. The average Bonchev–Trinajstić information content (AvgIpc) is 2.72. The predicted molar refractivity (Wildman–Crippen MR) is 81.3 cm³/mol. The third-order valence-electron chi connectivity index (χ3n) is 4.63. The number of carbonyl (C=O) groups excluding carboxylic acids is 2. The fourth-order valence-corrected chi connectivity index (χ4v) is 4.18. The molecule has 3 unspecified atom stereocenters. The molecule has 3 rings (SSSR count). The van der Waals surface area contributed by atoms with E-state index in [-0.39, 0.29) is 4.90 Å². The number of nitrogens with zero attached hydrogens (tertiary/aromatic N) is 1. The van der Waals surface area contributed by atoms with Gasteiger partial charge in [-0.05, 0) is 44.2 Å². The first kappa shape index (κ1) is 16.1. The summed E-state index contributed by atoms with van der Waals surface area (Å²) in [4.78, 5) is 24.6. The second-order valence-electron chi connectivity index (χ2n) is 6.44. The molecule has 0 spiro atoms. The molecule has 1 aromatic rings. The van der Waals surface area contributed by atoms with Crippen molar-refractivity contribution >= 4 is 21.9 Å². The summed E-state index contributed by atoms with van der Waals surface area (Å²) in [6.45, 7) is 3.86. The Labute approximate surface area is 135 Å². The largest absolute Gasteiger partial charge is 0.318 e. The number of fused-ring (bicyclic) bond motifs is 1. The van der Waals surface area contributed by atoms with Crippen LogP contribution in [-0.2, 0) is 24.0 Å². The van der Waals surface area contributed by atoms with Crippen molar-refractivity contribution in [2.24, 2.45) is 17.8 Å². The van der Waals surface area contributed by atoms with Crippen LogP contribution >= 0.6 is 0 Å². The minimum Gasteiger partial charge on any atom is -0.272 e. The molecule has 124 valence electrons. The molecule has 1 saturated heterocycles. The van der Waals surface area contributed by atoms with Crippen LogP contribution in [0, 0.1) is 24.7 Å². The van der Waals surface area contributed by atoms with Crippen LogP contribution in [0.4, 0.5) is 0 Å². The van der Waals surface area contributed by atoms with Crippen LogP contribution < -0.4 is 0 Å². The molecule has 2 amide bonds. The van der Waals surface area contributed by atoms with Gasteiger partial charge >= 0.3 is 10.1 Å². The van der Waals surface area contributed by atoms with E-state index < -0.39 is 33.8 Å². The summed E-state index contributed by atoms with van der Waals surface area (Å²) in [6, 6.07) is 6.05. The smallest absolute Gasteiger partial charge is 0.272 e. The molecule has 1 aliphatic heterocycles. The van der Waals surface area contributed by atoms with Crippen LogP contribution in [0.5, 0.6) is 0 Å². The highest BCUT2D eigenvalue weighted by Crippen LogP contribution is 2.41. The van der Waals surface area contributed by atoms with Gasteiger partial charge in [-0.25, -0.2) is 0 Å². The number of rotatable bonds is 3. The standard InChI is InChI=1S/C16H19NO5S/c1-10-3-6-12(7-4-10)23(20,21)22-17-15(18)13-8-5-11(2)9-14(13)16(17)19/h3-4,6-7,11,13-14H,5,8-9H2,1-2H3. The number of hydrogen-bond donors (Lipinski definition) is 0. The molecule has 0 bridgehead atoms. The first-order valence-electron chi connectivity index (χ1n) is 7.68. The summed E-state index contributed by atoms with van der Waals surface area (Å²) in [5, 5.41) is 0.461. The van der Waals surface area contributed by atoms with Gasteiger partial charge in [-0.15, -0.1) is 9.35 Å². The van der Waals surface area contributed by atoms with Crippen molar-refractivity contribution in [3.63, 3.8) is 0 Å². The molecule has 1 heterocycles. The molecule has 1 aliphatic carbocycles. The van der Waals surface area contributed by atoms with E-state index in [1.807, 2.05) is 13.8 Å². The fourth-order valence-electron chi connectivity index (χ4n) is 3.28. The van der Waals surface area contributed by atoms with Gasteiger partial charge in [0.05, 0.1) is 16.7 Å². The van der Waals surface area contributed by atoms with E-state index in [1.165, 1.54) is 12.1 Å². The highest BCUT2D eigenvalue weighted by atomic mass is 32.2. The van der Waals surface area contributed by atoms with Crippen LogP contribution in [0.1, 0.15) is 31.7 Å². The lowest BCUT2D eigenvalue weighted by Crippen LogP contribution is -2.33. The van der Waals surface area contributed by atoms with Crippen molar-refractivity contribution in [3.8, 4) is 0 Å². The van der Waals surface area contributed by atoms with E-state index >= 15 is 0 Å². The average molecular weight is 337 g/mol. The lowest BCUT2D eigenvalue weighted by molar-refractivity contribution is -0.165. The normalized spacial score (nSPS) is 28.1. The van der Waals surface area contributed by atoms with E-state index in [9.17, 15) is 18.0 Å². The number of benzene rings is 1. The molecule has 0 N–H and O–H groups in total. The van der Waals surface area contributed by atoms with Gasteiger partial charge in [-0.3, -0.25) is 9.59 Å². The van der Waals surface area contributed by atoms with E-state index in [0.29, 0.717) is 23.8 Å².